The number of aliphatic hydroxyl groups excluding tert-OH is 1. The fourth-order valence-corrected chi connectivity index (χ4v) is 2.25. The van der Waals surface area contributed by atoms with Crippen LogP contribution in [0.5, 0.6) is 0 Å². The number of aliphatic hydroxyl groups is 1. The van der Waals surface area contributed by atoms with Gasteiger partial charge in [-0.1, -0.05) is 0 Å². The number of hydrogen-bond donors (Lipinski definition) is 2. The van der Waals surface area contributed by atoms with Gasteiger partial charge in [-0.15, -0.1) is 0 Å². The summed E-state index contributed by atoms with van der Waals surface area (Å²) >= 11 is 0. The molecule has 2 heterocycles. The molecule has 0 spiro atoms. The molecule has 2 rings (SSSR count). The van der Waals surface area contributed by atoms with Gasteiger partial charge in [-0.25, -0.2) is 0 Å². The van der Waals surface area contributed by atoms with Crippen LogP contribution in [-0.4, -0.2) is 60.1 Å². The molecule has 118 valence electrons. The third-order valence-electron chi connectivity index (χ3n) is 3.50. The van der Waals surface area contributed by atoms with Gasteiger partial charge in [-0.2, -0.15) is 5.26 Å². The third-order valence-corrected chi connectivity index (χ3v) is 3.50. The number of β-amino-alcohol motifs (C(OH)–C–C–N with tert-alkyl or cyclic N) is 1. The smallest absolute Gasteiger partial charge is 0.263 e. The van der Waals surface area contributed by atoms with Gasteiger partial charge in [0.25, 0.3) is 5.91 Å². The van der Waals surface area contributed by atoms with Gasteiger partial charge in [0.15, 0.2) is 0 Å². The van der Waals surface area contributed by atoms with E-state index in [-0.39, 0.29) is 18.7 Å². The molecular formula is C15H20N4O3. The Hall–Kier alpha value is -2.30. The van der Waals surface area contributed by atoms with Crippen LogP contribution in [0.1, 0.15) is 5.76 Å². The molecular weight excluding hydrogens is 284 g/mol. The van der Waals surface area contributed by atoms with Gasteiger partial charge >= 0.3 is 0 Å². The highest BCUT2D eigenvalue weighted by Crippen LogP contribution is 2.05. The van der Waals surface area contributed by atoms with E-state index in [2.05, 4.69) is 10.2 Å². The summed E-state index contributed by atoms with van der Waals surface area (Å²) in [5.74, 6) is 0.236. The average Bonchev–Trinajstić information content (AvgIpc) is 3.05. The lowest BCUT2D eigenvalue weighted by molar-refractivity contribution is -0.117. The second kappa shape index (κ2) is 8.22. The van der Waals surface area contributed by atoms with E-state index in [1.807, 2.05) is 11.0 Å². The van der Waals surface area contributed by atoms with Crippen molar-refractivity contribution < 1.29 is 14.3 Å². The van der Waals surface area contributed by atoms with Crippen molar-refractivity contribution in [2.75, 3.05) is 39.3 Å². The zero-order valence-corrected chi connectivity index (χ0v) is 12.4. The lowest BCUT2D eigenvalue weighted by Gasteiger charge is -2.33. The summed E-state index contributed by atoms with van der Waals surface area (Å²) in [6.07, 6.45) is 3.14. The summed E-state index contributed by atoms with van der Waals surface area (Å²) in [7, 11) is 0. The van der Waals surface area contributed by atoms with Crippen LogP contribution in [0.4, 0.5) is 0 Å². The van der Waals surface area contributed by atoms with Crippen molar-refractivity contribution in [3.63, 3.8) is 0 Å². The monoisotopic (exact) mass is 304 g/mol. The molecule has 1 aliphatic heterocycles. The Morgan fingerprint density at radius 2 is 2.23 bits per heavy atom. The molecule has 0 bridgehead atoms. The Morgan fingerprint density at radius 3 is 2.82 bits per heavy atom. The summed E-state index contributed by atoms with van der Waals surface area (Å²) in [4.78, 5) is 16.1. The molecule has 7 nitrogen and oxygen atoms in total. The van der Waals surface area contributed by atoms with E-state index < -0.39 is 5.91 Å². The first-order valence-electron chi connectivity index (χ1n) is 7.22. The quantitative estimate of drug-likeness (QED) is 0.564. The van der Waals surface area contributed by atoms with Crippen molar-refractivity contribution in [3.8, 4) is 6.07 Å². The molecule has 0 radical (unpaired) electrons. The van der Waals surface area contributed by atoms with E-state index in [0.29, 0.717) is 12.3 Å². The average molecular weight is 304 g/mol. The topological polar surface area (TPSA) is 92.7 Å². The molecule has 22 heavy (non-hydrogen) atoms. The molecule has 1 aliphatic rings. The van der Waals surface area contributed by atoms with Crippen molar-refractivity contribution in [1.29, 1.82) is 5.26 Å². The summed E-state index contributed by atoms with van der Waals surface area (Å²) < 4.78 is 5.13. The van der Waals surface area contributed by atoms with Gasteiger partial charge in [0, 0.05) is 38.9 Å². The molecule has 0 aromatic carbocycles. The highest BCUT2D eigenvalue weighted by Gasteiger charge is 2.16. The maximum Gasteiger partial charge on any atom is 0.263 e. The molecule has 1 aromatic rings. The molecule has 0 atom stereocenters. The van der Waals surface area contributed by atoms with E-state index in [1.54, 1.807) is 18.3 Å². The van der Waals surface area contributed by atoms with Crippen molar-refractivity contribution in [1.82, 2.24) is 15.1 Å². The Kier molecular flexibility index (Phi) is 6.01. The Balaban J connectivity index is 1.85. The molecule has 0 aliphatic carbocycles. The van der Waals surface area contributed by atoms with Crippen LogP contribution in [0.25, 0.3) is 0 Å². The highest BCUT2D eigenvalue weighted by atomic mass is 16.3. The molecule has 2 N–H and O–H groups in total. The largest absolute Gasteiger partial charge is 0.467 e. The summed E-state index contributed by atoms with van der Waals surface area (Å²) in [5.41, 5.74) is 0.0853. The van der Waals surface area contributed by atoms with Crippen molar-refractivity contribution in [2.24, 2.45) is 0 Å². The highest BCUT2D eigenvalue weighted by molar-refractivity contribution is 5.97. The number of rotatable bonds is 6. The fraction of sp³-hybridized carbons (Fsp3) is 0.467. The number of nitrogens with one attached hydrogen (secondary N) is 1. The maximum atomic E-state index is 12.0. The number of hydrogen-bond acceptors (Lipinski definition) is 6. The first-order chi connectivity index (χ1) is 10.7. The summed E-state index contributed by atoms with van der Waals surface area (Å²) in [6.45, 7) is 4.15. The van der Waals surface area contributed by atoms with Gasteiger partial charge in [-0.3, -0.25) is 9.69 Å². The second-order valence-electron chi connectivity index (χ2n) is 5.02. The first-order valence-corrected chi connectivity index (χ1v) is 7.22. The van der Waals surface area contributed by atoms with E-state index >= 15 is 0 Å². The molecule has 0 saturated carbocycles. The van der Waals surface area contributed by atoms with Crippen LogP contribution < -0.4 is 5.32 Å². The predicted molar refractivity (Wildman–Crippen MR) is 79.3 cm³/mol. The predicted octanol–water partition coefficient (Wildman–Crippen LogP) is -0.0868. The number of nitrogens with zero attached hydrogens (tertiary/aromatic N) is 3. The van der Waals surface area contributed by atoms with E-state index in [9.17, 15) is 4.79 Å². The fourth-order valence-electron chi connectivity index (χ4n) is 2.25. The van der Waals surface area contributed by atoms with Crippen molar-refractivity contribution in [3.05, 3.63) is 35.9 Å². The Labute approximate surface area is 129 Å². The molecule has 1 fully saturated rings. The SMILES string of the molecule is N#C/C(=C/N1CCN(CCO)CC1)C(=O)NCc1ccco1. The van der Waals surface area contributed by atoms with Crippen LogP contribution in [0.2, 0.25) is 0 Å². The standard InChI is InChI=1S/C15H20N4O3/c16-10-13(15(21)17-11-14-2-1-9-22-14)12-19-5-3-18(4-6-19)7-8-20/h1-2,9,12,20H,3-8,11H2,(H,17,21)/b13-12-. The normalized spacial score (nSPS) is 16.4. The molecule has 1 amide bonds. The first kappa shape index (κ1) is 16.1. The van der Waals surface area contributed by atoms with Gasteiger partial charge in [-0.05, 0) is 12.1 Å². The zero-order chi connectivity index (χ0) is 15.8. The number of furan rings is 1. The van der Waals surface area contributed by atoms with Gasteiger partial charge in [0.2, 0.25) is 0 Å². The summed E-state index contributed by atoms with van der Waals surface area (Å²) in [6, 6.07) is 5.44. The number of carbonyl (C=O) groups is 1. The molecule has 1 aromatic heterocycles. The molecule has 7 heteroatoms. The van der Waals surface area contributed by atoms with Crippen LogP contribution >= 0.6 is 0 Å². The Morgan fingerprint density at radius 1 is 1.45 bits per heavy atom. The minimum absolute atomic E-state index is 0.0853. The van der Waals surface area contributed by atoms with Gasteiger partial charge in [0.05, 0.1) is 19.4 Å². The number of nitriles is 1. The Bertz CT molecular complexity index is 540. The minimum Gasteiger partial charge on any atom is -0.467 e. The lowest BCUT2D eigenvalue weighted by Crippen LogP contribution is -2.45. The van der Waals surface area contributed by atoms with Gasteiger partial charge < -0.3 is 19.7 Å². The second-order valence-corrected chi connectivity index (χ2v) is 5.02. The van der Waals surface area contributed by atoms with Crippen LogP contribution in [0.15, 0.2) is 34.6 Å². The van der Waals surface area contributed by atoms with Crippen LogP contribution in [-0.2, 0) is 11.3 Å². The zero-order valence-electron chi connectivity index (χ0n) is 12.4. The minimum atomic E-state index is -0.406. The number of piperazine rings is 1. The van der Waals surface area contributed by atoms with E-state index in [0.717, 1.165) is 26.2 Å². The lowest BCUT2D eigenvalue weighted by atomic mass is 10.2. The summed E-state index contributed by atoms with van der Waals surface area (Å²) in [5, 5.41) is 20.7. The molecule has 1 saturated heterocycles. The van der Waals surface area contributed by atoms with Crippen LogP contribution in [0, 0.1) is 11.3 Å². The number of amides is 1. The van der Waals surface area contributed by atoms with E-state index in [4.69, 9.17) is 14.8 Å². The maximum absolute atomic E-state index is 12.0. The number of carbonyl (C=O) groups excluding carboxylic acids is 1. The molecule has 0 unspecified atom stereocenters. The third kappa shape index (κ3) is 4.62. The van der Waals surface area contributed by atoms with E-state index in [1.165, 1.54) is 6.26 Å². The van der Waals surface area contributed by atoms with Crippen molar-refractivity contribution >= 4 is 5.91 Å². The van der Waals surface area contributed by atoms with Gasteiger partial charge in [0.1, 0.15) is 17.4 Å². The van der Waals surface area contributed by atoms with Crippen LogP contribution in [0.3, 0.4) is 0 Å². The van der Waals surface area contributed by atoms with Crippen molar-refractivity contribution in [2.45, 2.75) is 6.54 Å².